The predicted octanol–water partition coefficient (Wildman–Crippen LogP) is 4.06. The van der Waals surface area contributed by atoms with Crippen LogP contribution in [0.3, 0.4) is 0 Å². The van der Waals surface area contributed by atoms with E-state index in [9.17, 15) is 18.0 Å². The zero-order chi connectivity index (χ0) is 19.0. The van der Waals surface area contributed by atoms with Gasteiger partial charge in [0.15, 0.2) is 0 Å². The van der Waals surface area contributed by atoms with E-state index in [0.717, 1.165) is 6.07 Å². The van der Waals surface area contributed by atoms with Crippen molar-refractivity contribution in [3.05, 3.63) is 34.9 Å². The molecule has 3 unspecified atom stereocenters. The van der Waals surface area contributed by atoms with Crippen LogP contribution in [0, 0.1) is 17.3 Å². The van der Waals surface area contributed by atoms with Gasteiger partial charge in [-0.3, -0.25) is 4.79 Å². The number of allylic oxidation sites excluding steroid dienone is 1. The number of alkyl halides is 3. The first-order valence-electron chi connectivity index (χ1n) is 7.44. The van der Waals surface area contributed by atoms with Crippen LogP contribution >= 0.6 is 11.6 Å². The van der Waals surface area contributed by atoms with Crippen molar-refractivity contribution in [2.75, 3.05) is 7.11 Å². The molecule has 1 N–H and O–H groups in total. The standard InChI is InChI=1S/C17H18ClF3O4/c1-16(2)11(13(16)14(22)24-3)7-5-9-4-6-10(8-12(9)18)25-17(21,23)15(19)20/h4-8,11,13,15,23H,1-3H3/b7-5+. The van der Waals surface area contributed by atoms with Crippen LogP contribution in [0.15, 0.2) is 24.3 Å². The Hall–Kier alpha value is -1.73. The van der Waals surface area contributed by atoms with E-state index in [1.807, 2.05) is 19.9 Å². The average molecular weight is 379 g/mol. The van der Waals surface area contributed by atoms with E-state index < -0.39 is 12.5 Å². The first-order chi connectivity index (χ1) is 11.5. The van der Waals surface area contributed by atoms with Crippen LogP contribution in [-0.2, 0) is 9.53 Å². The smallest absolute Gasteiger partial charge is 0.424 e. The van der Waals surface area contributed by atoms with Gasteiger partial charge in [0, 0.05) is 0 Å². The molecule has 25 heavy (non-hydrogen) atoms. The molecule has 2 rings (SSSR count). The van der Waals surface area contributed by atoms with Gasteiger partial charge in [0.25, 0.3) is 0 Å². The van der Waals surface area contributed by atoms with E-state index in [-0.39, 0.29) is 34.0 Å². The molecule has 1 saturated carbocycles. The van der Waals surface area contributed by atoms with E-state index in [2.05, 4.69) is 4.74 Å². The van der Waals surface area contributed by atoms with Gasteiger partial charge in [-0.05, 0) is 35.1 Å². The summed E-state index contributed by atoms with van der Waals surface area (Å²) in [5.41, 5.74) is 0.293. The molecular weight excluding hydrogens is 361 g/mol. The number of carbonyl (C=O) groups excluding carboxylic acids is 1. The van der Waals surface area contributed by atoms with E-state index in [1.54, 1.807) is 6.08 Å². The van der Waals surface area contributed by atoms with E-state index >= 15 is 0 Å². The van der Waals surface area contributed by atoms with Crippen molar-refractivity contribution in [2.24, 2.45) is 17.3 Å². The van der Waals surface area contributed by atoms with Crippen LogP contribution in [0.2, 0.25) is 5.02 Å². The maximum atomic E-state index is 13.1. The maximum absolute atomic E-state index is 13.1. The normalized spacial score (nSPS) is 24.2. The summed E-state index contributed by atoms with van der Waals surface area (Å²) in [6.07, 6.45) is -0.234. The van der Waals surface area contributed by atoms with Gasteiger partial charge in [-0.1, -0.05) is 37.6 Å². The van der Waals surface area contributed by atoms with Gasteiger partial charge in [0.05, 0.1) is 18.1 Å². The fraction of sp³-hybridized carbons (Fsp3) is 0.471. The Morgan fingerprint density at radius 2 is 2.08 bits per heavy atom. The molecule has 1 aliphatic carbocycles. The number of benzene rings is 1. The molecule has 1 aromatic carbocycles. The molecule has 0 saturated heterocycles. The minimum atomic E-state index is -4.09. The van der Waals surface area contributed by atoms with Crippen molar-refractivity contribution in [1.82, 2.24) is 0 Å². The molecule has 1 aromatic rings. The molecule has 1 fully saturated rings. The SMILES string of the molecule is COC(=O)C1C(/C=C/c2ccc(OC(O)(F)C(F)F)cc2Cl)C1(C)C. The van der Waals surface area contributed by atoms with Crippen LogP contribution in [0.25, 0.3) is 6.08 Å². The van der Waals surface area contributed by atoms with Crippen molar-refractivity contribution < 1.29 is 32.5 Å². The fourth-order valence-electron chi connectivity index (χ4n) is 2.74. The Bertz CT molecular complexity index is 688. The molecule has 0 aromatic heterocycles. The number of esters is 1. The summed E-state index contributed by atoms with van der Waals surface area (Å²) in [6.45, 7) is 3.88. The molecule has 8 heteroatoms. The summed E-state index contributed by atoms with van der Waals surface area (Å²) in [7, 11) is 1.33. The lowest BCUT2D eigenvalue weighted by Crippen LogP contribution is -2.38. The molecule has 0 radical (unpaired) electrons. The van der Waals surface area contributed by atoms with Gasteiger partial charge < -0.3 is 14.6 Å². The predicted molar refractivity (Wildman–Crippen MR) is 86.0 cm³/mol. The van der Waals surface area contributed by atoms with Gasteiger partial charge in [-0.2, -0.15) is 13.2 Å². The monoisotopic (exact) mass is 378 g/mol. The largest absolute Gasteiger partial charge is 0.469 e. The zero-order valence-corrected chi connectivity index (χ0v) is 14.6. The summed E-state index contributed by atoms with van der Waals surface area (Å²) in [5, 5.41) is 8.93. The van der Waals surface area contributed by atoms with Crippen LogP contribution < -0.4 is 4.74 Å². The molecule has 0 spiro atoms. The number of hydrogen-bond acceptors (Lipinski definition) is 4. The molecule has 0 bridgehead atoms. The van der Waals surface area contributed by atoms with Crippen LogP contribution in [0.1, 0.15) is 19.4 Å². The second-order valence-corrected chi connectivity index (χ2v) is 6.81. The lowest BCUT2D eigenvalue weighted by molar-refractivity contribution is -0.302. The highest BCUT2D eigenvalue weighted by molar-refractivity contribution is 6.32. The van der Waals surface area contributed by atoms with Crippen LogP contribution in [0.4, 0.5) is 13.2 Å². The number of carbonyl (C=O) groups is 1. The maximum Gasteiger partial charge on any atom is 0.424 e. The second kappa shape index (κ2) is 6.88. The number of ether oxygens (including phenoxy) is 2. The molecule has 3 atom stereocenters. The zero-order valence-electron chi connectivity index (χ0n) is 13.8. The Morgan fingerprint density at radius 1 is 1.44 bits per heavy atom. The second-order valence-electron chi connectivity index (χ2n) is 6.40. The van der Waals surface area contributed by atoms with Crippen molar-refractivity contribution in [3.63, 3.8) is 0 Å². The third kappa shape index (κ3) is 4.10. The summed E-state index contributed by atoms with van der Waals surface area (Å²) in [6, 6.07) is -0.344. The van der Waals surface area contributed by atoms with Gasteiger partial charge in [-0.15, -0.1) is 0 Å². The minimum Gasteiger partial charge on any atom is -0.469 e. The fourth-order valence-corrected chi connectivity index (χ4v) is 2.97. The molecule has 4 nitrogen and oxygen atoms in total. The summed E-state index contributed by atoms with van der Waals surface area (Å²) >= 11 is 6.02. The van der Waals surface area contributed by atoms with E-state index in [0.29, 0.717) is 5.56 Å². The first kappa shape index (κ1) is 19.6. The van der Waals surface area contributed by atoms with Gasteiger partial charge in [-0.25, -0.2) is 0 Å². The Kier molecular flexibility index (Phi) is 5.39. The quantitative estimate of drug-likeness (QED) is 0.599. The Morgan fingerprint density at radius 3 is 2.60 bits per heavy atom. The number of hydrogen-bond donors (Lipinski definition) is 1. The highest BCUT2D eigenvalue weighted by Crippen LogP contribution is 2.59. The average Bonchev–Trinajstić information content (AvgIpc) is 3.06. The number of methoxy groups -OCH3 is 1. The lowest BCUT2D eigenvalue weighted by atomic mass is 10.1. The summed E-state index contributed by atoms with van der Waals surface area (Å²) in [5.74, 6) is -0.903. The highest BCUT2D eigenvalue weighted by Gasteiger charge is 2.61. The molecule has 0 heterocycles. The molecule has 0 aliphatic heterocycles. The molecular formula is C17H18ClF3O4. The molecule has 138 valence electrons. The van der Waals surface area contributed by atoms with Gasteiger partial charge in [0.2, 0.25) is 0 Å². The Labute approximate surface area is 148 Å². The number of rotatable bonds is 6. The minimum absolute atomic E-state index is 0.0262. The van der Waals surface area contributed by atoms with E-state index in [1.165, 1.54) is 19.2 Å². The van der Waals surface area contributed by atoms with Gasteiger partial charge in [0.1, 0.15) is 5.75 Å². The summed E-state index contributed by atoms with van der Waals surface area (Å²) < 4.78 is 46.6. The topological polar surface area (TPSA) is 55.8 Å². The third-order valence-corrected chi connectivity index (χ3v) is 4.68. The highest BCUT2D eigenvalue weighted by atomic mass is 35.5. The van der Waals surface area contributed by atoms with E-state index in [4.69, 9.17) is 21.4 Å². The van der Waals surface area contributed by atoms with Gasteiger partial charge >= 0.3 is 18.4 Å². The van der Waals surface area contributed by atoms with Crippen molar-refractivity contribution in [3.8, 4) is 5.75 Å². The lowest BCUT2D eigenvalue weighted by Gasteiger charge is -2.19. The Balaban J connectivity index is 2.11. The number of halogens is 4. The first-order valence-corrected chi connectivity index (χ1v) is 7.82. The van der Waals surface area contributed by atoms with Crippen molar-refractivity contribution >= 4 is 23.6 Å². The molecule has 0 amide bonds. The molecule has 1 aliphatic rings. The third-order valence-electron chi connectivity index (χ3n) is 4.35. The number of aliphatic hydroxyl groups is 1. The summed E-state index contributed by atoms with van der Waals surface area (Å²) in [4.78, 5) is 11.7. The van der Waals surface area contributed by atoms with Crippen molar-refractivity contribution in [1.29, 1.82) is 0 Å². The van der Waals surface area contributed by atoms with Crippen LogP contribution in [-0.4, -0.2) is 30.7 Å². The van der Waals surface area contributed by atoms with Crippen LogP contribution in [0.5, 0.6) is 5.75 Å². The van der Waals surface area contributed by atoms with Crippen molar-refractivity contribution in [2.45, 2.75) is 26.3 Å².